The zero-order chi connectivity index (χ0) is 14.0. The molecule has 1 rings (SSSR count). The highest BCUT2D eigenvalue weighted by Gasteiger charge is 2.43. The molecule has 0 heterocycles. The van der Waals surface area contributed by atoms with Crippen LogP contribution in [0, 0.1) is 5.41 Å². The second kappa shape index (κ2) is 5.78. The molecule has 0 saturated heterocycles. The predicted molar refractivity (Wildman–Crippen MR) is 67.6 cm³/mol. The van der Waals surface area contributed by atoms with Crippen LogP contribution in [0.4, 0.5) is 13.2 Å². The molecule has 1 aliphatic rings. The fourth-order valence-electron chi connectivity index (χ4n) is 2.94. The number of nitrogens with zero attached hydrogens (tertiary/aromatic N) is 1. The number of rotatable bonds is 5. The van der Waals surface area contributed by atoms with Crippen LogP contribution in [0.5, 0.6) is 0 Å². The van der Waals surface area contributed by atoms with Crippen molar-refractivity contribution in [2.24, 2.45) is 5.41 Å². The molecule has 2 nitrogen and oxygen atoms in total. The molecule has 0 aromatic carbocycles. The summed E-state index contributed by atoms with van der Waals surface area (Å²) in [4.78, 5) is 1.87. The number of alkyl halides is 3. The van der Waals surface area contributed by atoms with Crippen LogP contribution in [0.3, 0.4) is 0 Å². The van der Waals surface area contributed by atoms with E-state index in [0.717, 1.165) is 19.4 Å². The Morgan fingerprint density at radius 3 is 2.44 bits per heavy atom. The van der Waals surface area contributed by atoms with Crippen molar-refractivity contribution < 1.29 is 13.2 Å². The van der Waals surface area contributed by atoms with Crippen LogP contribution in [0.2, 0.25) is 0 Å². The third kappa shape index (κ3) is 4.12. The maximum Gasteiger partial charge on any atom is 0.390 e. The Bertz CT molecular complexity index is 263. The van der Waals surface area contributed by atoms with E-state index in [1.165, 1.54) is 0 Å². The van der Waals surface area contributed by atoms with Crippen molar-refractivity contribution in [3.8, 4) is 0 Å². The first-order valence-electron chi connectivity index (χ1n) is 6.68. The number of hydrogen-bond acceptors (Lipinski definition) is 2. The number of halogens is 3. The smallest absolute Gasteiger partial charge is 0.312 e. The van der Waals surface area contributed by atoms with Crippen molar-refractivity contribution in [2.75, 3.05) is 20.1 Å². The summed E-state index contributed by atoms with van der Waals surface area (Å²) in [6, 6.07) is 0.489. The SMILES string of the molecule is CCNC1C(N(C)CCC(F)(F)F)CCC1(C)C. The largest absolute Gasteiger partial charge is 0.390 e. The molecule has 0 aromatic heterocycles. The quantitative estimate of drug-likeness (QED) is 0.823. The van der Waals surface area contributed by atoms with E-state index in [4.69, 9.17) is 0 Å². The Kier molecular flexibility index (Phi) is 5.06. The molecule has 1 fully saturated rings. The number of hydrogen-bond donors (Lipinski definition) is 1. The molecule has 0 aliphatic heterocycles. The highest BCUT2D eigenvalue weighted by atomic mass is 19.4. The van der Waals surface area contributed by atoms with Crippen LogP contribution < -0.4 is 5.32 Å². The normalized spacial score (nSPS) is 28.0. The first-order chi connectivity index (χ1) is 8.17. The molecule has 108 valence electrons. The zero-order valence-electron chi connectivity index (χ0n) is 11.8. The summed E-state index contributed by atoms with van der Waals surface area (Å²) in [6.45, 7) is 7.38. The van der Waals surface area contributed by atoms with Crippen molar-refractivity contribution in [1.82, 2.24) is 10.2 Å². The second-order valence-corrected chi connectivity index (χ2v) is 5.98. The van der Waals surface area contributed by atoms with Gasteiger partial charge in [0, 0.05) is 18.6 Å². The maximum atomic E-state index is 12.3. The molecule has 0 spiro atoms. The van der Waals surface area contributed by atoms with E-state index >= 15 is 0 Å². The van der Waals surface area contributed by atoms with Gasteiger partial charge in [0.15, 0.2) is 0 Å². The molecule has 5 heteroatoms. The van der Waals surface area contributed by atoms with Gasteiger partial charge in [0.05, 0.1) is 6.42 Å². The highest BCUT2D eigenvalue weighted by Crippen LogP contribution is 2.39. The summed E-state index contributed by atoms with van der Waals surface area (Å²) in [6.07, 6.45) is -2.75. The molecule has 1 aliphatic carbocycles. The van der Waals surface area contributed by atoms with Gasteiger partial charge in [0.1, 0.15) is 0 Å². The van der Waals surface area contributed by atoms with Gasteiger partial charge in [-0.15, -0.1) is 0 Å². The monoisotopic (exact) mass is 266 g/mol. The van der Waals surface area contributed by atoms with Gasteiger partial charge in [-0.2, -0.15) is 13.2 Å². The minimum absolute atomic E-state index is 0.0894. The van der Waals surface area contributed by atoms with Gasteiger partial charge in [-0.1, -0.05) is 20.8 Å². The Balaban J connectivity index is 2.59. The van der Waals surface area contributed by atoms with E-state index in [2.05, 4.69) is 19.2 Å². The predicted octanol–water partition coefficient (Wildman–Crippen LogP) is 3.04. The summed E-state index contributed by atoms with van der Waals surface area (Å²) in [5.74, 6) is 0. The lowest BCUT2D eigenvalue weighted by atomic mass is 9.86. The fraction of sp³-hybridized carbons (Fsp3) is 1.00. The van der Waals surface area contributed by atoms with Crippen LogP contribution in [0.1, 0.15) is 40.0 Å². The number of likely N-dealkylation sites (N-methyl/N-ethyl adjacent to an activating group) is 2. The van der Waals surface area contributed by atoms with Gasteiger partial charge in [-0.05, 0) is 31.8 Å². The van der Waals surface area contributed by atoms with Gasteiger partial charge in [-0.25, -0.2) is 0 Å². The Morgan fingerprint density at radius 2 is 1.94 bits per heavy atom. The molecule has 2 unspecified atom stereocenters. The summed E-state index contributed by atoms with van der Waals surface area (Å²) in [7, 11) is 1.81. The lowest BCUT2D eigenvalue weighted by Crippen LogP contribution is -2.51. The third-order valence-electron chi connectivity index (χ3n) is 4.05. The van der Waals surface area contributed by atoms with Crippen molar-refractivity contribution >= 4 is 0 Å². The zero-order valence-corrected chi connectivity index (χ0v) is 11.8. The van der Waals surface area contributed by atoms with Crippen LogP contribution in [-0.4, -0.2) is 43.3 Å². The average Bonchev–Trinajstić information content (AvgIpc) is 2.51. The van der Waals surface area contributed by atoms with E-state index in [-0.39, 0.29) is 24.0 Å². The van der Waals surface area contributed by atoms with E-state index in [0.29, 0.717) is 0 Å². The van der Waals surface area contributed by atoms with Gasteiger partial charge in [0.25, 0.3) is 0 Å². The molecular formula is C13H25F3N2. The van der Waals surface area contributed by atoms with Crippen molar-refractivity contribution in [3.05, 3.63) is 0 Å². The summed E-state index contributed by atoms with van der Waals surface area (Å²) in [5, 5.41) is 3.44. The lowest BCUT2D eigenvalue weighted by Gasteiger charge is -2.36. The minimum Gasteiger partial charge on any atom is -0.312 e. The second-order valence-electron chi connectivity index (χ2n) is 5.98. The van der Waals surface area contributed by atoms with Crippen LogP contribution in [0.25, 0.3) is 0 Å². The molecule has 0 radical (unpaired) electrons. The maximum absolute atomic E-state index is 12.3. The summed E-state index contributed by atoms with van der Waals surface area (Å²) < 4.78 is 36.8. The van der Waals surface area contributed by atoms with Crippen molar-refractivity contribution in [1.29, 1.82) is 0 Å². The van der Waals surface area contributed by atoms with E-state index in [1.807, 2.05) is 18.9 Å². The van der Waals surface area contributed by atoms with Crippen molar-refractivity contribution in [3.63, 3.8) is 0 Å². The fourth-order valence-corrected chi connectivity index (χ4v) is 2.94. The third-order valence-corrected chi connectivity index (χ3v) is 4.05. The molecule has 1 N–H and O–H groups in total. The van der Waals surface area contributed by atoms with Gasteiger partial charge >= 0.3 is 6.18 Å². The molecule has 0 bridgehead atoms. The average molecular weight is 266 g/mol. The Labute approximate surface area is 108 Å². The van der Waals surface area contributed by atoms with Gasteiger partial charge in [-0.3, -0.25) is 0 Å². The molecule has 18 heavy (non-hydrogen) atoms. The molecule has 2 atom stereocenters. The molecule has 0 aromatic rings. The van der Waals surface area contributed by atoms with E-state index in [1.54, 1.807) is 0 Å². The first kappa shape index (κ1) is 15.8. The van der Waals surface area contributed by atoms with E-state index in [9.17, 15) is 13.2 Å². The standard InChI is InChI=1S/C13H25F3N2/c1-5-17-11-10(6-7-12(11,2)3)18(4)9-8-13(14,15)16/h10-11,17H,5-9H2,1-4H3. The summed E-state index contributed by atoms with van der Waals surface area (Å²) in [5.41, 5.74) is 0.160. The van der Waals surface area contributed by atoms with Crippen LogP contribution >= 0.6 is 0 Å². The van der Waals surface area contributed by atoms with E-state index < -0.39 is 12.6 Å². The van der Waals surface area contributed by atoms with Gasteiger partial charge in [0.2, 0.25) is 0 Å². The van der Waals surface area contributed by atoms with Crippen LogP contribution in [-0.2, 0) is 0 Å². The van der Waals surface area contributed by atoms with Gasteiger partial charge < -0.3 is 10.2 Å². The summed E-state index contributed by atoms with van der Waals surface area (Å²) >= 11 is 0. The lowest BCUT2D eigenvalue weighted by molar-refractivity contribution is -0.138. The van der Waals surface area contributed by atoms with Crippen molar-refractivity contribution in [2.45, 2.75) is 58.3 Å². The molecule has 1 saturated carbocycles. The first-order valence-corrected chi connectivity index (χ1v) is 6.68. The topological polar surface area (TPSA) is 15.3 Å². The Hall–Kier alpha value is -0.290. The number of nitrogens with one attached hydrogen (secondary N) is 1. The molecule has 0 amide bonds. The van der Waals surface area contributed by atoms with Crippen LogP contribution in [0.15, 0.2) is 0 Å². The minimum atomic E-state index is -4.06. The Morgan fingerprint density at radius 1 is 1.33 bits per heavy atom. The molecular weight excluding hydrogens is 241 g/mol. The highest BCUT2D eigenvalue weighted by molar-refractivity contribution is 5.00.